The van der Waals surface area contributed by atoms with Crippen LogP contribution in [0.5, 0.6) is 0 Å². The highest BCUT2D eigenvalue weighted by Crippen LogP contribution is 2.22. The van der Waals surface area contributed by atoms with Crippen LogP contribution in [0.4, 0.5) is 0 Å². The average Bonchev–Trinajstić information content (AvgIpc) is 3.15. The molecule has 6 heteroatoms. The van der Waals surface area contributed by atoms with Crippen LogP contribution < -0.4 is 0 Å². The maximum Gasteiger partial charge on any atom is 0.245 e. The minimum atomic E-state index is -0.304. The van der Waals surface area contributed by atoms with E-state index in [-0.39, 0.29) is 23.7 Å². The summed E-state index contributed by atoms with van der Waals surface area (Å²) in [6.45, 7) is 3.02. The Kier molecular flexibility index (Phi) is 4.50. The van der Waals surface area contributed by atoms with Gasteiger partial charge in [0.05, 0.1) is 6.33 Å². The Morgan fingerprint density at radius 3 is 2.87 bits per heavy atom. The van der Waals surface area contributed by atoms with E-state index in [9.17, 15) is 9.59 Å². The molecular formula is C17H20N4O2. The first-order valence-corrected chi connectivity index (χ1v) is 7.88. The van der Waals surface area contributed by atoms with E-state index < -0.39 is 0 Å². The van der Waals surface area contributed by atoms with Gasteiger partial charge in [0.15, 0.2) is 5.78 Å². The smallest absolute Gasteiger partial charge is 0.245 e. The number of rotatable bonds is 4. The lowest BCUT2D eigenvalue weighted by atomic mass is 9.91. The van der Waals surface area contributed by atoms with Gasteiger partial charge in [-0.2, -0.15) is 0 Å². The van der Waals surface area contributed by atoms with Crippen LogP contribution in [0.25, 0.3) is 0 Å². The molecule has 0 aromatic carbocycles. The summed E-state index contributed by atoms with van der Waals surface area (Å²) < 4.78 is 1.78. The first-order chi connectivity index (χ1) is 11.2. The standard InChI is InChI=1S/C17H20N4O2/c1-13(21-10-8-18-12-21)17(23)20-9-4-5-14(11-20)16(22)15-6-2-3-7-19-15/h2-3,6-8,10,12-14H,4-5,9,11H2,1H3/t13-,14-/m0/s1. The van der Waals surface area contributed by atoms with E-state index in [0.29, 0.717) is 18.8 Å². The number of carbonyl (C=O) groups is 2. The van der Waals surface area contributed by atoms with Crippen LogP contribution in [-0.2, 0) is 4.79 Å². The number of Topliss-reactive ketones (excluding diaryl/α,β-unsaturated/α-hetero) is 1. The number of nitrogens with zero attached hydrogens (tertiary/aromatic N) is 4. The van der Waals surface area contributed by atoms with Crippen molar-refractivity contribution in [2.75, 3.05) is 13.1 Å². The summed E-state index contributed by atoms with van der Waals surface area (Å²) in [5.74, 6) is -0.113. The number of hydrogen-bond donors (Lipinski definition) is 0. The molecule has 1 aliphatic rings. The maximum atomic E-state index is 12.7. The van der Waals surface area contributed by atoms with E-state index in [4.69, 9.17) is 0 Å². The summed E-state index contributed by atoms with van der Waals surface area (Å²) in [5, 5.41) is 0. The van der Waals surface area contributed by atoms with Crippen LogP contribution in [0.2, 0.25) is 0 Å². The lowest BCUT2D eigenvalue weighted by Gasteiger charge is -2.33. The molecule has 0 radical (unpaired) electrons. The molecule has 2 aromatic heterocycles. The van der Waals surface area contributed by atoms with Gasteiger partial charge >= 0.3 is 0 Å². The fraction of sp³-hybridized carbons (Fsp3) is 0.412. The number of imidazole rings is 1. The van der Waals surface area contributed by atoms with Gasteiger partial charge in [-0.3, -0.25) is 14.6 Å². The highest BCUT2D eigenvalue weighted by atomic mass is 16.2. The van der Waals surface area contributed by atoms with Crippen LogP contribution in [0.15, 0.2) is 43.1 Å². The number of hydrogen-bond acceptors (Lipinski definition) is 4. The number of amides is 1. The van der Waals surface area contributed by atoms with Crippen molar-refractivity contribution in [1.29, 1.82) is 0 Å². The summed E-state index contributed by atoms with van der Waals surface area (Å²) in [7, 11) is 0. The van der Waals surface area contributed by atoms with Gasteiger partial charge in [-0.1, -0.05) is 6.07 Å². The molecular weight excluding hydrogens is 292 g/mol. The third-order valence-electron chi connectivity index (χ3n) is 4.35. The zero-order valence-corrected chi connectivity index (χ0v) is 13.1. The van der Waals surface area contributed by atoms with Crippen molar-refractivity contribution in [1.82, 2.24) is 19.4 Å². The largest absolute Gasteiger partial charge is 0.340 e. The van der Waals surface area contributed by atoms with E-state index in [1.807, 2.05) is 13.0 Å². The van der Waals surface area contributed by atoms with E-state index in [1.54, 1.807) is 46.5 Å². The molecule has 0 spiro atoms. The molecule has 1 amide bonds. The number of likely N-dealkylation sites (tertiary alicyclic amines) is 1. The predicted molar refractivity (Wildman–Crippen MR) is 84.8 cm³/mol. The quantitative estimate of drug-likeness (QED) is 0.809. The first kappa shape index (κ1) is 15.4. The Balaban J connectivity index is 1.68. The normalized spacial score (nSPS) is 19.3. The van der Waals surface area contributed by atoms with Crippen molar-refractivity contribution < 1.29 is 9.59 Å². The van der Waals surface area contributed by atoms with Crippen molar-refractivity contribution >= 4 is 11.7 Å². The highest BCUT2D eigenvalue weighted by Gasteiger charge is 2.31. The second-order valence-corrected chi connectivity index (χ2v) is 5.89. The lowest BCUT2D eigenvalue weighted by molar-refractivity contribution is -0.135. The number of piperidine rings is 1. The third-order valence-corrected chi connectivity index (χ3v) is 4.35. The molecule has 1 aliphatic heterocycles. The van der Waals surface area contributed by atoms with Crippen molar-refractivity contribution in [3.63, 3.8) is 0 Å². The molecule has 2 aromatic rings. The summed E-state index contributed by atoms with van der Waals surface area (Å²) in [4.78, 5) is 35.1. The number of pyridine rings is 1. The van der Waals surface area contributed by atoms with E-state index in [0.717, 1.165) is 12.8 Å². The highest BCUT2D eigenvalue weighted by molar-refractivity contribution is 5.96. The third kappa shape index (κ3) is 3.31. The molecule has 0 bridgehead atoms. The van der Waals surface area contributed by atoms with Gasteiger partial charge in [-0.05, 0) is 31.9 Å². The first-order valence-electron chi connectivity index (χ1n) is 7.88. The summed E-state index contributed by atoms with van der Waals surface area (Å²) in [6.07, 6.45) is 8.35. The molecule has 0 N–H and O–H groups in total. The average molecular weight is 312 g/mol. The van der Waals surface area contributed by atoms with Crippen molar-refractivity contribution in [3.8, 4) is 0 Å². The number of carbonyl (C=O) groups excluding carboxylic acids is 2. The van der Waals surface area contributed by atoms with Gasteiger partial charge in [0.1, 0.15) is 11.7 Å². The molecule has 0 saturated carbocycles. The fourth-order valence-electron chi connectivity index (χ4n) is 3.00. The van der Waals surface area contributed by atoms with Gasteiger partial charge in [-0.15, -0.1) is 0 Å². The Morgan fingerprint density at radius 1 is 1.30 bits per heavy atom. The zero-order valence-electron chi connectivity index (χ0n) is 13.1. The van der Waals surface area contributed by atoms with Crippen LogP contribution in [0.1, 0.15) is 36.3 Å². The fourth-order valence-corrected chi connectivity index (χ4v) is 3.00. The molecule has 6 nitrogen and oxygen atoms in total. The molecule has 0 aliphatic carbocycles. The monoisotopic (exact) mass is 312 g/mol. The minimum Gasteiger partial charge on any atom is -0.340 e. The predicted octanol–water partition coefficient (Wildman–Crippen LogP) is 1.96. The SMILES string of the molecule is C[C@@H](C(=O)N1CCC[C@H](C(=O)c2ccccn2)C1)n1ccnc1. The Bertz CT molecular complexity index is 669. The topological polar surface area (TPSA) is 68.1 Å². The molecule has 0 unspecified atom stereocenters. The Morgan fingerprint density at radius 2 is 2.17 bits per heavy atom. The lowest BCUT2D eigenvalue weighted by Crippen LogP contribution is -2.44. The van der Waals surface area contributed by atoms with E-state index in [2.05, 4.69) is 9.97 Å². The zero-order chi connectivity index (χ0) is 16.2. The molecule has 3 rings (SSSR count). The molecule has 1 saturated heterocycles. The summed E-state index contributed by atoms with van der Waals surface area (Å²) in [5.41, 5.74) is 0.481. The summed E-state index contributed by atoms with van der Waals surface area (Å²) in [6, 6.07) is 5.03. The van der Waals surface area contributed by atoms with Crippen molar-refractivity contribution in [2.45, 2.75) is 25.8 Å². The van der Waals surface area contributed by atoms with Crippen LogP contribution in [0.3, 0.4) is 0 Å². The van der Waals surface area contributed by atoms with E-state index in [1.165, 1.54) is 0 Å². The molecule has 120 valence electrons. The van der Waals surface area contributed by atoms with Gasteiger partial charge in [0.25, 0.3) is 0 Å². The second-order valence-electron chi connectivity index (χ2n) is 5.89. The number of aromatic nitrogens is 3. The van der Waals surface area contributed by atoms with Crippen molar-refractivity contribution in [2.24, 2.45) is 5.92 Å². The van der Waals surface area contributed by atoms with Crippen LogP contribution in [-0.4, -0.2) is 44.2 Å². The van der Waals surface area contributed by atoms with Gasteiger partial charge < -0.3 is 9.47 Å². The Labute approximate surface area is 135 Å². The van der Waals surface area contributed by atoms with Crippen LogP contribution in [0, 0.1) is 5.92 Å². The van der Waals surface area contributed by atoms with Gasteiger partial charge in [-0.25, -0.2) is 4.98 Å². The maximum absolute atomic E-state index is 12.7. The molecule has 23 heavy (non-hydrogen) atoms. The van der Waals surface area contributed by atoms with Gasteiger partial charge in [0.2, 0.25) is 5.91 Å². The molecule has 1 fully saturated rings. The molecule has 3 heterocycles. The Hall–Kier alpha value is -2.50. The van der Waals surface area contributed by atoms with Crippen LogP contribution >= 0.6 is 0 Å². The van der Waals surface area contributed by atoms with E-state index >= 15 is 0 Å². The van der Waals surface area contributed by atoms with Gasteiger partial charge in [0, 0.05) is 37.6 Å². The minimum absolute atomic E-state index is 0.0263. The summed E-state index contributed by atoms with van der Waals surface area (Å²) >= 11 is 0. The number of ketones is 1. The second kappa shape index (κ2) is 6.73. The van der Waals surface area contributed by atoms with Crippen molar-refractivity contribution in [3.05, 3.63) is 48.8 Å². The molecule has 2 atom stereocenters.